The number of carbonyl (C=O) groups excluding carboxylic acids is 1. The Bertz CT molecular complexity index is 477. The number of anilines is 1. The van der Waals surface area contributed by atoms with E-state index in [1.54, 1.807) is 12.1 Å². The lowest BCUT2D eigenvalue weighted by Crippen LogP contribution is -2.22. The molecule has 1 aromatic rings. The molecule has 0 saturated heterocycles. The largest absolute Gasteiger partial charge is 0.476 e. The molecule has 5 nitrogen and oxygen atoms in total. The number of hydrogen-bond donors (Lipinski definition) is 1. The summed E-state index contributed by atoms with van der Waals surface area (Å²) < 4.78 is 0. The molecule has 0 aromatic heterocycles. The van der Waals surface area contributed by atoms with Crippen LogP contribution in [0.15, 0.2) is 29.4 Å². The molecule has 1 heterocycles. The molecule has 1 N–H and O–H groups in total. The van der Waals surface area contributed by atoms with Gasteiger partial charge in [-0.15, -0.1) is 0 Å². The summed E-state index contributed by atoms with van der Waals surface area (Å²) in [5, 5.41) is 13.9. The Kier molecular flexibility index (Phi) is 2.44. The van der Waals surface area contributed by atoms with Gasteiger partial charge < -0.3 is 5.11 Å². The topological polar surface area (TPSA) is 70.0 Å². The number of Topliss-reactive ketones (excluding diaryl/α,β-unsaturated/α-hetero) is 1. The van der Waals surface area contributed by atoms with Crippen LogP contribution in [0.5, 0.6) is 0 Å². The van der Waals surface area contributed by atoms with Crippen molar-refractivity contribution in [3.05, 3.63) is 29.8 Å². The summed E-state index contributed by atoms with van der Waals surface area (Å²) in [7, 11) is 0. The molecule has 2 rings (SSSR count). The van der Waals surface area contributed by atoms with Gasteiger partial charge in [0.2, 0.25) is 11.5 Å². The van der Waals surface area contributed by atoms with Crippen molar-refractivity contribution < 1.29 is 14.7 Å². The lowest BCUT2D eigenvalue weighted by molar-refractivity contribution is -0.130. The third kappa shape index (κ3) is 1.79. The van der Waals surface area contributed by atoms with Crippen LogP contribution in [0.2, 0.25) is 0 Å². The minimum Gasteiger partial charge on any atom is -0.476 e. The fourth-order valence-electron chi connectivity index (χ4n) is 1.45. The third-order valence-electron chi connectivity index (χ3n) is 2.31. The normalized spacial score (nSPS) is 15.2. The third-order valence-corrected chi connectivity index (χ3v) is 2.31. The molecule has 0 spiro atoms. The number of benzene rings is 1. The summed E-state index contributed by atoms with van der Waals surface area (Å²) in [6, 6.07) is 7.37. The average Bonchev–Trinajstić information content (AvgIpc) is 2.61. The number of hydrogen-bond acceptors (Lipinski definition) is 4. The molecule has 5 heteroatoms. The quantitative estimate of drug-likeness (QED) is 0.798. The van der Waals surface area contributed by atoms with Crippen molar-refractivity contribution in [3.8, 4) is 0 Å². The van der Waals surface area contributed by atoms with Crippen LogP contribution in [0, 0.1) is 6.92 Å². The number of carboxylic acid groups (broad SMARTS) is 1. The van der Waals surface area contributed by atoms with Gasteiger partial charge in [-0.3, -0.25) is 9.80 Å². The summed E-state index contributed by atoms with van der Waals surface area (Å²) in [5.74, 6) is -1.74. The molecule has 0 aliphatic carbocycles. The van der Waals surface area contributed by atoms with Gasteiger partial charge in [-0.1, -0.05) is 17.7 Å². The number of nitrogens with zero attached hydrogens (tertiary/aromatic N) is 2. The van der Waals surface area contributed by atoms with Gasteiger partial charge in [-0.05, 0) is 19.1 Å². The number of aryl methyl sites for hydroxylation is 1. The lowest BCUT2D eigenvalue weighted by atomic mass is 10.2. The molecule has 16 heavy (non-hydrogen) atoms. The summed E-state index contributed by atoms with van der Waals surface area (Å²) in [5.41, 5.74) is 1.41. The molecule has 0 bridgehead atoms. The zero-order valence-corrected chi connectivity index (χ0v) is 8.67. The number of carbonyl (C=O) groups is 2. The molecular weight excluding hydrogens is 208 g/mol. The first-order chi connectivity index (χ1) is 7.58. The second-order valence-corrected chi connectivity index (χ2v) is 3.57. The molecule has 0 amide bonds. The van der Waals surface area contributed by atoms with Crippen LogP contribution in [0.25, 0.3) is 0 Å². The highest BCUT2D eigenvalue weighted by Gasteiger charge is 2.29. The minimum absolute atomic E-state index is 0.00923. The van der Waals surface area contributed by atoms with Gasteiger partial charge in [-0.2, -0.15) is 5.10 Å². The fourth-order valence-corrected chi connectivity index (χ4v) is 1.45. The van der Waals surface area contributed by atoms with Crippen molar-refractivity contribution in [3.63, 3.8) is 0 Å². The Morgan fingerprint density at radius 2 is 2.00 bits per heavy atom. The molecule has 0 unspecified atom stereocenters. The second-order valence-electron chi connectivity index (χ2n) is 3.57. The summed E-state index contributed by atoms with van der Waals surface area (Å²) in [6.07, 6.45) is 0. The van der Waals surface area contributed by atoms with Crippen LogP contribution in [-0.4, -0.2) is 29.1 Å². The summed E-state index contributed by atoms with van der Waals surface area (Å²) in [6.45, 7) is 1.94. The average molecular weight is 218 g/mol. The zero-order valence-electron chi connectivity index (χ0n) is 8.67. The van der Waals surface area contributed by atoms with Crippen molar-refractivity contribution in [1.82, 2.24) is 0 Å². The number of hydrazone groups is 1. The van der Waals surface area contributed by atoms with Crippen LogP contribution >= 0.6 is 0 Å². The highest BCUT2D eigenvalue weighted by molar-refractivity contribution is 6.65. The maximum absolute atomic E-state index is 11.3. The predicted octanol–water partition coefficient (Wildman–Crippen LogP) is 0.825. The van der Waals surface area contributed by atoms with Gasteiger partial charge in [0.15, 0.2) is 0 Å². The van der Waals surface area contributed by atoms with E-state index in [0.29, 0.717) is 0 Å². The Balaban J connectivity index is 2.28. The van der Waals surface area contributed by atoms with Crippen molar-refractivity contribution in [2.75, 3.05) is 11.6 Å². The maximum atomic E-state index is 11.3. The second kappa shape index (κ2) is 3.77. The maximum Gasteiger partial charge on any atom is 0.360 e. The van der Waals surface area contributed by atoms with Crippen LogP contribution in [0.1, 0.15) is 5.56 Å². The van der Waals surface area contributed by atoms with Gasteiger partial charge in [0.25, 0.3) is 0 Å². The van der Waals surface area contributed by atoms with E-state index >= 15 is 0 Å². The molecule has 1 aromatic carbocycles. The Morgan fingerprint density at radius 1 is 1.38 bits per heavy atom. The molecule has 82 valence electrons. The molecule has 0 saturated carbocycles. The number of rotatable bonds is 2. The highest BCUT2D eigenvalue weighted by Crippen LogP contribution is 2.18. The predicted molar refractivity (Wildman–Crippen MR) is 58.6 cm³/mol. The van der Waals surface area contributed by atoms with Crippen molar-refractivity contribution in [1.29, 1.82) is 0 Å². The van der Waals surface area contributed by atoms with Gasteiger partial charge >= 0.3 is 5.97 Å². The smallest absolute Gasteiger partial charge is 0.360 e. The van der Waals surface area contributed by atoms with E-state index in [0.717, 1.165) is 11.3 Å². The molecular formula is C11H10N2O3. The number of ketones is 1. The Labute approximate surface area is 92.0 Å². The molecule has 0 atom stereocenters. The minimum atomic E-state index is -1.28. The van der Waals surface area contributed by atoms with E-state index < -0.39 is 17.5 Å². The molecule has 1 aliphatic heterocycles. The molecule has 0 radical (unpaired) electrons. The molecule has 0 fully saturated rings. The van der Waals surface area contributed by atoms with Crippen LogP contribution < -0.4 is 5.01 Å². The number of aliphatic carboxylic acids is 1. The van der Waals surface area contributed by atoms with E-state index in [-0.39, 0.29) is 6.54 Å². The van der Waals surface area contributed by atoms with Gasteiger partial charge in [-0.25, -0.2) is 4.79 Å². The van der Waals surface area contributed by atoms with Crippen LogP contribution in [-0.2, 0) is 9.59 Å². The van der Waals surface area contributed by atoms with Crippen LogP contribution in [0.3, 0.4) is 0 Å². The number of carboxylic acids is 1. The monoisotopic (exact) mass is 218 g/mol. The first kappa shape index (κ1) is 10.4. The van der Waals surface area contributed by atoms with Gasteiger partial charge in [0.05, 0.1) is 5.69 Å². The SMILES string of the molecule is Cc1ccc(N2CC(=O)C(C(=O)O)=N2)cc1. The van der Waals surface area contributed by atoms with E-state index in [2.05, 4.69) is 5.10 Å². The lowest BCUT2D eigenvalue weighted by Gasteiger charge is -2.12. The first-order valence-corrected chi connectivity index (χ1v) is 4.77. The van der Waals surface area contributed by atoms with E-state index in [1.165, 1.54) is 5.01 Å². The van der Waals surface area contributed by atoms with Crippen LogP contribution in [0.4, 0.5) is 5.69 Å². The standard InChI is InChI=1S/C11H10N2O3/c1-7-2-4-8(5-3-7)13-6-9(14)10(12-13)11(15)16/h2-5H,6H2,1H3,(H,15,16). The first-order valence-electron chi connectivity index (χ1n) is 4.77. The Hall–Kier alpha value is -2.17. The highest BCUT2D eigenvalue weighted by atomic mass is 16.4. The molecule has 1 aliphatic rings. The van der Waals surface area contributed by atoms with Gasteiger partial charge in [0, 0.05) is 0 Å². The van der Waals surface area contributed by atoms with E-state index in [9.17, 15) is 9.59 Å². The zero-order chi connectivity index (χ0) is 11.7. The van der Waals surface area contributed by atoms with Crippen molar-refractivity contribution >= 4 is 23.2 Å². The fraction of sp³-hybridized carbons (Fsp3) is 0.182. The summed E-state index contributed by atoms with van der Waals surface area (Å²) in [4.78, 5) is 22.0. The van der Waals surface area contributed by atoms with E-state index in [4.69, 9.17) is 5.11 Å². The van der Waals surface area contributed by atoms with Gasteiger partial charge in [0.1, 0.15) is 6.54 Å². The summed E-state index contributed by atoms with van der Waals surface area (Å²) >= 11 is 0. The Morgan fingerprint density at radius 3 is 2.50 bits per heavy atom. The van der Waals surface area contributed by atoms with Crippen molar-refractivity contribution in [2.45, 2.75) is 6.92 Å². The van der Waals surface area contributed by atoms with Crippen molar-refractivity contribution in [2.24, 2.45) is 5.10 Å². The van der Waals surface area contributed by atoms with E-state index in [1.807, 2.05) is 19.1 Å².